The minimum Gasteiger partial charge on any atom is -0.496 e. The summed E-state index contributed by atoms with van der Waals surface area (Å²) in [7, 11) is 1.52. The van der Waals surface area contributed by atoms with E-state index < -0.39 is 5.97 Å². The van der Waals surface area contributed by atoms with Gasteiger partial charge in [0.15, 0.2) is 5.69 Å². The van der Waals surface area contributed by atoms with Crippen LogP contribution in [0.5, 0.6) is 5.75 Å². The maximum atomic E-state index is 12.0. The molecule has 23 heavy (non-hydrogen) atoms. The van der Waals surface area contributed by atoms with Gasteiger partial charge in [-0.1, -0.05) is 17.7 Å². The van der Waals surface area contributed by atoms with Gasteiger partial charge in [-0.05, 0) is 12.1 Å². The first-order chi connectivity index (χ1) is 11.0. The van der Waals surface area contributed by atoms with Gasteiger partial charge in [0.1, 0.15) is 5.75 Å². The Hall–Kier alpha value is -2.12. The highest BCUT2D eigenvalue weighted by atomic mass is 35.5. The zero-order valence-electron chi connectivity index (χ0n) is 12.3. The van der Waals surface area contributed by atoms with Gasteiger partial charge >= 0.3 is 5.97 Å². The number of aromatic carboxylic acids is 1. The number of nitrogens with zero attached hydrogens (tertiary/aromatic N) is 1. The van der Waals surface area contributed by atoms with Crippen LogP contribution in [0.4, 0.5) is 0 Å². The van der Waals surface area contributed by atoms with Crippen molar-refractivity contribution in [1.82, 2.24) is 10.3 Å². The summed E-state index contributed by atoms with van der Waals surface area (Å²) < 4.78 is 5.20. The summed E-state index contributed by atoms with van der Waals surface area (Å²) in [5.74, 6) is -0.674. The van der Waals surface area contributed by atoms with E-state index in [9.17, 15) is 9.59 Å². The van der Waals surface area contributed by atoms with E-state index in [4.69, 9.17) is 21.4 Å². The number of hydrogen-bond donors (Lipinski definition) is 2. The molecule has 2 N–H and O–H groups in total. The molecule has 0 bridgehead atoms. The van der Waals surface area contributed by atoms with E-state index in [2.05, 4.69) is 10.3 Å². The second-order valence-electron chi connectivity index (χ2n) is 4.63. The summed E-state index contributed by atoms with van der Waals surface area (Å²) in [5, 5.41) is 14.2. The van der Waals surface area contributed by atoms with Crippen LogP contribution in [-0.2, 0) is 17.6 Å². The highest BCUT2D eigenvalue weighted by molar-refractivity contribution is 7.09. The van der Waals surface area contributed by atoms with E-state index >= 15 is 0 Å². The molecular formula is C15H15ClN2O4S. The molecule has 6 nitrogen and oxygen atoms in total. The molecule has 1 aromatic carbocycles. The zero-order valence-corrected chi connectivity index (χ0v) is 13.9. The third kappa shape index (κ3) is 4.67. The van der Waals surface area contributed by atoms with E-state index in [1.165, 1.54) is 23.8 Å². The van der Waals surface area contributed by atoms with E-state index in [-0.39, 0.29) is 18.0 Å². The molecule has 1 amide bonds. The van der Waals surface area contributed by atoms with Crippen molar-refractivity contribution in [3.8, 4) is 5.75 Å². The predicted octanol–water partition coefficient (Wildman–Crippen LogP) is 2.40. The van der Waals surface area contributed by atoms with Gasteiger partial charge in [-0.15, -0.1) is 11.3 Å². The molecule has 2 rings (SSSR count). The van der Waals surface area contributed by atoms with Gasteiger partial charge in [0, 0.05) is 28.9 Å². The number of carbonyl (C=O) groups excluding carboxylic acids is 1. The maximum absolute atomic E-state index is 12.0. The number of nitrogens with one attached hydrogen (secondary N) is 1. The van der Waals surface area contributed by atoms with Gasteiger partial charge in [0.05, 0.1) is 18.5 Å². The molecule has 1 heterocycles. The van der Waals surface area contributed by atoms with Gasteiger partial charge in [-0.3, -0.25) is 4.79 Å². The zero-order chi connectivity index (χ0) is 16.8. The Balaban J connectivity index is 1.87. The van der Waals surface area contributed by atoms with Crippen LogP contribution in [0.15, 0.2) is 23.6 Å². The van der Waals surface area contributed by atoms with Crippen molar-refractivity contribution in [2.45, 2.75) is 12.8 Å². The molecule has 1 aromatic heterocycles. The van der Waals surface area contributed by atoms with E-state index in [1.807, 2.05) is 0 Å². The Kier molecular flexibility index (Phi) is 5.95. The lowest BCUT2D eigenvalue weighted by Gasteiger charge is -2.10. The summed E-state index contributed by atoms with van der Waals surface area (Å²) in [6.45, 7) is 0.373. The molecule has 0 spiro atoms. The van der Waals surface area contributed by atoms with Crippen molar-refractivity contribution < 1.29 is 19.4 Å². The fraction of sp³-hybridized carbons (Fsp3) is 0.267. The number of methoxy groups -OCH3 is 1. The third-order valence-corrected chi connectivity index (χ3v) is 4.33. The van der Waals surface area contributed by atoms with Gasteiger partial charge < -0.3 is 15.2 Å². The number of aromatic nitrogens is 1. The number of carboxylic acid groups (broad SMARTS) is 1. The Morgan fingerprint density at radius 3 is 2.87 bits per heavy atom. The molecule has 0 aliphatic rings. The summed E-state index contributed by atoms with van der Waals surface area (Å²) in [4.78, 5) is 26.7. The minimum absolute atomic E-state index is 0.0251. The van der Waals surface area contributed by atoms with Crippen LogP contribution in [0.3, 0.4) is 0 Å². The smallest absolute Gasteiger partial charge is 0.355 e. The molecule has 0 saturated carbocycles. The van der Waals surface area contributed by atoms with Crippen LogP contribution in [0.25, 0.3) is 0 Å². The number of ether oxygens (including phenoxy) is 1. The summed E-state index contributed by atoms with van der Waals surface area (Å²) >= 11 is 7.35. The molecule has 0 saturated heterocycles. The second-order valence-corrected chi connectivity index (χ2v) is 5.98. The van der Waals surface area contributed by atoms with Gasteiger partial charge in [-0.25, -0.2) is 9.78 Å². The van der Waals surface area contributed by atoms with Gasteiger partial charge in [-0.2, -0.15) is 0 Å². The number of amides is 1. The first-order valence-electron chi connectivity index (χ1n) is 6.77. The van der Waals surface area contributed by atoms with Crippen LogP contribution in [-0.4, -0.2) is 35.6 Å². The summed E-state index contributed by atoms with van der Waals surface area (Å²) in [6.07, 6.45) is 0.588. The van der Waals surface area contributed by atoms with Crippen molar-refractivity contribution in [2.24, 2.45) is 0 Å². The fourth-order valence-electron chi connectivity index (χ4n) is 1.96. The van der Waals surface area contributed by atoms with Gasteiger partial charge in [0.25, 0.3) is 0 Å². The first kappa shape index (κ1) is 17.2. The van der Waals surface area contributed by atoms with Gasteiger partial charge in [0.2, 0.25) is 5.91 Å². The lowest BCUT2D eigenvalue weighted by molar-refractivity contribution is -0.120. The highest BCUT2D eigenvalue weighted by Crippen LogP contribution is 2.26. The van der Waals surface area contributed by atoms with Crippen LogP contribution < -0.4 is 10.1 Å². The third-order valence-electron chi connectivity index (χ3n) is 3.07. The molecule has 0 radical (unpaired) electrons. The summed E-state index contributed by atoms with van der Waals surface area (Å²) in [5.41, 5.74) is 0.661. The second kappa shape index (κ2) is 7.94. The number of carbonyl (C=O) groups is 2. The molecule has 8 heteroatoms. The number of carboxylic acids is 1. The molecule has 0 aliphatic heterocycles. The van der Waals surface area contributed by atoms with E-state index in [0.29, 0.717) is 34.3 Å². The predicted molar refractivity (Wildman–Crippen MR) is 87.5 cm³/mol. The number of halogens is 1. The lowest BCUT2D eigenvalue weighted by Crippen LogP contribution is -2.27. The molecule has 2 aromatic rings. The van der Waals surface area contributed by atoms with Crippen LogP contribution in [0.2, 0.25) is 5.02 Å². The Morgan fingerprint density at radius 2 is 2.22 bits per heavy atom. The number of benzene rings is 1. The van der Waals surface area contributed by atoms with Crippen LogP contribution >= 0.6 is 22.9 Å². The van der Waals surface area contributed by atoms with Crippen molar-refractivity contribution in [1.29, 1.82) is 0 Å². The van der Waals surface area contributed by atoms with Crippen LogP contribution in [0.1, 0.15) is 21.1 Å². The number of thiazole rings is 1. The average Bonchev–Trinajstić information content (AvgIpc) is 2.98. The topological polar surface area (TPSA) is 88.5 Å². The SMILES string of the molecule is COc1cccc(Cl)c1CC(=O)NCCc1nc(C(=O)O)cs1. The molecule has 122 valence electrons. The maximum Gasteiger partial charge on any atom is 0.355 e. The highest BCUT2D eigenvalue weighted by Gasteiger charge is 2.13. The van der Waals surface area contributed by atoms with Crippen molar-refractivity contribution >= 4 is 34.8 Å². The van der Waals surface area contributed by atoms with E-state index in [0.717, 1.165) is 0 Å². The Bertz CT molecular complexity index is 717. The molecule has 0 unspecified atom stereocenters. The molecule has 0 atom stereocenters. The van der Waals surface area contributed by atoms with Crippen molar-refractivity contribution in [2.75, 3.05) is 13.7 Å². The van der Waals surface area contributed by atoms with E-state index in [1.54, 1.807) is 18.2 Å². The lowest BCUT2D eigenvalue weighted by atomic mass is 10.1. The van der Waals surface area contributed by atoms with Crippen molar-refractivity contribution in [3.63, 3.8) is 0 Å². The monoisotopic (exact) mass is 354 g/mol. The normalized spacial score (nSPS) is 10.3. The summed E-state index contributed by atoms with van der Waals surface area (Å²) in [6, 6.07) is 5.21. The minimum atomic E-state index is -1.05. The number of hydrogen-bond acceptors (Lipinski definition) is 5. The number of rotatable bonds is 7. The first-order valence-corrected chi connectivity index (χ1v) is 8.02. The average molecular weight is 355 g/mol. The Morgan fingerprint density at radius 1 is 1.43 bits per heavy atom. The Labute approximate surface area is 142 Å². The fourth-order valence-corrected chi connectivity index (χ4v) is 2.96. The quantitative estimate of drug-likeness (QED) is 0.797. The van der Waals surface area contributed by atoms with Crippen molar-refractivity contribution in [3.05, 3.63) is 44.9 Å². The largest absolute Gasteiger partial charge is 0.496 e. The molecule has 0 aliphatic carbocycles. The molecular weight excluding hydrogens is 340 g/mol. The molecule has 0 fully saturated rings. The standard InChI is InChI=1S/C15H15ClN2O4S/c1-22-12-4-2-3-10(16)9(12)7-13(19)17-6-5-14-18-11(8-23-14)15(20)21/h2-4,8H,5-7H2,1H3,(H,17,19)(H,20,21). The van der Waals surface area contributed by atoms with Crippen LogP contribution in [0, 0.1) is 0 Å².